The van der Waals surface area contributed by atoms with E-state index < -0.39 is 6.43 Å². The van der Waals surface area contributed by atoms with Gasteiger partial charge in [-0.05, 0) is 24.5 Å². The first-order chi connectivity index (χ1) is 8.43. The van der Waals surface area contributed by atoms with E-state index in [1.54, 1.807) is 11.8 Å². The number of hydrogen-bond acceptors (Lipinski definition) is 3. The highest BCUT2D eigenvalue weighted by atomic mass is 32.2. The third-order valence-corrected chi connectivity index (χ3v) is 3.92. The Kier molecular flexibility index (Phi) is 10.4. The van der Waals surface area contributed by atoms with E-state index in [2.05, 4.69) is 0 Å². The maximum atomic E-state index is 11.9. The maximum absolute atomic E-state index is 11.9. The molecule has 0 saturated carbocycles. The summed E-state index contributed by atoms with van der Waals surface area (Å²) in [6, 6.07) is 0. The van der Waals surface area contributed by atoms with Gasteiger partial charge in [-0.25, -0.2) is 8.78 Å². The van der Waals surface area contributed by atoms with Crippen LogP contribution in [0.25, 0.3) is 0 Å². The second-order valence-corrected chi connectivity index (χ2v) is 5.89. The number of halogens is 2. The molecule has 1 atom stereocenters. The summed E-state index contributed by atoms with van der Waals surface area (Å²) in [6.07, 6.45) is 1.23. The molecule has 0 rings (SSSR count). The lowest BCUT2D eigenvalue weighted by Crippen LogP contribution is -2.19. The summed E-state index contributed by atoms with van der Waals surface area (Å²) < 4.78 is 28.9. The van der Waals surface area contributed by atoms with Crippen LogP contribution >= 0.6 is 11.8 Å². The number of unbranched alkanes of at least 4 members (excludes halogenated alkanes) is 3. The van der Waals surface area contributed by atoms with Gasteiger partial charge in [-0.1, -0.05) is 26.7 Å². The second-order valence-electron chi connectivity index (χ2n) is 4.69. The van der Waals surface area contributed by atoms with Crippen molar-refractivity contribution in [3.63, 3.8) is 0 Å². The first-order valence-corrected chi connectivity index (χ1v) is 7.55. The van der Waals surface area contributed by atoms with Crippen molar-refractivity contribution in [3.8, 4) is 0 Å². The Labute approximate surface area is 113 Å². The van der Waals surface area contributed by atoms with Crippen LogP contribution in [-0.2, 0) is 9.53 Å². The number of carbonyl (C=O) groups is 1. The SMILES string of the molecule is CC(=O)OC(SCCCCCCC(F)F)C(C)C. The molecule has 0 bridgehead atoms. The van der Waals surface area contributed by atoms with E-state index in [-0.39, 0.29) is 23.7 Å². The van der Waals surface area contributed by atoms with Gasteiger partial charge in [-0.2, -0.15) is 0 Å². The Morgan fingerprint density at radius 1 is 1.17 bits per heavy atom. The molecule has 0 fully saturated rings. The summed E-state index contributed by atoms with van der Waals surface area (Å²) in [4.78, 5) is 10.9. The summed E-state index contributed by atoms with van der Waals surface area (Å²) in [5.41, 5.74) is -0.0939. The summed E-state index contributed by atoms with van der Waals surface area (Å²) >= 11 is 1.63. The molecule has 0 N–H and O–H groups in total. The minimum atomic E-state index is -2.17. The predicted octanol–water partition coefficient (Wildman–Crippen LogP) is 4.48. The van der Waals surface area contributed by atoms with Crippen molar-refractivity contribution in [2.45, 2.75) is 64.7 Å². The van der Waals surface area contributed by atoms with Gasteiger partial charge in [0.1, 0.15) is 5.44 Å². The van der Waals surface area contributed by atoms with Crippen molar-refractivity contribution >= 4 is 17.7 Å². The predicted molar refractivity (Wildman–Crippen MR) is 71.9 cm³/mol. The Balaban J connectivity index is 3.52. The lowest BCUT2D eigenvalue weighted by Gasteiger charge is -2.19. The van der Waals surface area contributed by atoms with E-state index in [1.165, 1.54) is 6.92 Å². The van der Waals surface area contributed by atoms with E-state index in [0.29, 0.717) is 6.42 Å². The fourth-order valence-corrected chi connectivity index (χ4v) is 2.67. The summed E-state index contributed by atoms with van der Waals surface area (Å²) in [6.45, 7) is 5.45. The normalized spacial score (nSPS) is 13.1. The number of thioether (sulfide) groups is 1. The van der Waals surface area contributed by atoms with Crippen molar-refractivity contribution in [1.82, 2.24) is 0 Å². The molecule has 2 nitrogen and oxygen atoms in total. The average molecular weight is 282 g/mol. The molecule has 0 saturated heterocycles. The van der Waals surface area contributed by atoms with Gasteiger partial charge in [0.05, 0.1) is 0 Å². The summed E-state index contributed by atoms with van der Waals surface area (Å²) in [7, 11) is 0. The smallest absolute Gasteiger partial charge is 0.303 e. The van der Waals surface area contributed by atoms with Gasteiger partial charge in [0.2, 0.25) is 6.43 Å². The number of alkyl halides is 2. The highest BCUT2D eigenvalue weighted by Crippen LogP contribution is 2.22. The Bertz CT molecular complexity index is 223. The third kappa shape index (κ3) is 10.8. The standard InChI is InChI=1S/C13H24F2O2S/c1-10(2)13(17-11(3)16)18-9-7-5-4-6-8-12(14)15/h10,12-13H,4-9H2,1-3H3. The van der Waals surface area contributed by atoms with Crippen molar-refractivity contribution < 1.29 is 18.3 Å². The molecular formula is C13H24F2O2S. The van der Waals surface area contributed by atoms with Gasteiger partial charge >= 0.3 is 5.97 Å². The van der Waals surface area contributed by atoms with Crippen molar-refractivity contribution in [2.24, 2.45) is 5.92 Å². The van der Waals surface area contributed by atoms with E-state index >= 15 is 0 Å². The monoisotopic (exact) mass is 282 g/mol. The molecule has 0 heterocycles. The molecule has 0 aromatic rings. The van der Waals surface area contributed by atoms with Crippen LogP contribution in [0.15, 0.2) is 0 Å². The number of ether oxygens (including phenoxy) is 1. The molecule has 18 heavy (non-hydrogen) atoms. The van der Waals surface area contributed by atoms with Crippen LogP contribution in [-0.4, -0.2) is 23.6 Å². The van der Waals surface area contributed by atoms with Crippen LogP contribution < -0.4 is 0 Å². The Morgan fingerprint density at radius 3 is 2.28 bits per heavy atom. The van der Waals surface area contributed by atoms with E-state index in [4.69, 9.17) is 4.74 Å². The molecule has 0 spiro atoms. The fourth-order valence-electron chi connectivity index (χ4n) is 1.48. The van der Waals surface area contributed by atoms with Gasteiger partial charge in [0.15, 0.2) is 0 Å². The van der Waals surface area contributed by atoms with Crippen LogP contribution in [0.2, 0.25) is 0 Å². The fraction of sp³-hybridized carbons (Fsp3) is 0.923. The molecule has 0 aliphatic carbocycles. The number of rotatable bonds is 10. The van der Waals surface area contributed by atoms with Crippen LogP contribution in [0, 0.1) is 5.92 Å². The zero-order valence-electron chi connectivity index (χ0n) is 11.5. The minimum Gasteiger partial charge on any atom is -0.451 e. The minimum absolute atomic E-state index is 0.00914. The molecule has 0 aliphatic heterocycles. The zero-order valence-corrected chi connectivity index (χ0v) is 12.3. The first-order valence-electron chi connectivity index (χ1n) is 6.50. The van der Waals surface area contributed by atoms with Crippen molar-refractivity contribution in [3.05, 3.63) is 0 Å². The molecule has 0 radical (unpaired) electrons. The highest BCUT2D eigenvalue weighted by molar-refractivity contribution is 7.99. The summed E-state index contributed by atoms with van der Waals surface area (Å²) in [5, 5.41) is 0. The van der Waals surface area contributed by atoms with Crippen LogP contribution in [0.3, 0.4) is 0 Å². The molecule has 5 heteroatoms. The van der Waals surface area contributed by atoms with Gasteiger partial charge in [0, 0.05) is 13.3 Å². The summed E-state index contributed by atoms with van der Waals surface area (Å²) in [5.74, 6) is 0.945. The lowest BCUT2D eigenvalue weighted by molar-refractivity contribution is -0.143. The van der Waals surface area contributed by atoms with Gasteiger partial charge in [-0.15, -0.1) is 11.8 Å². The number of carbonyl (C=O) groups excluding carboxylic acids is 1. The number of hydrogen-bond donors (Lipinski definition) is 0. The van der Waals surface area contributed by atoms with E-state index in [1.807, 2.05) is 13.8 Å². The average Bonchev–Trinajstić information content (AvgIpc) is 2.25. The van der Waals surface area contributed by atoms with Crippen molar-refractivity contribution in [1.29, 1.82) is 0 Å². The molecule has 0 aromatic carbocycles. The maximum Gasteiger partial charge on any atom is 0.303 e. The largest absolute Gasteiger partial charge is 0.451 e. The van der Waals surface area contributed by atoms with E-state index in [9.17, 15) is 13.6 Å². The topological polar surface area (TPSA) is 26.3 Å². The van der Waals surface area contributed by atoms with E-state index in [0.717, 1.165) is 25.0 Å². The Morgan fingerprint density at radius 2 is 1.78 bits per heavy atom. The first kappa shape index (κ1) is 17.7. The zero-order chi connectivity index (χ0) is 14.0. The lowest BCUT2D eigenvalue weighted by atomic mass is 10.2. The Hall–Kier alpha value is -0.320. The third-order valence-electron chi connectivity index (χ3n) is 2.43. The highest BCUT2D eigenvalue weighted by Gasteiger charge is 2.16. The number of esters is 1. The van der Waals surface area contributed by atoms with Gasteiger partial charge in [-0.3, -0.25) is 4.79 Å². The molecule has 0 amide bonds. The molecule has 0 aromatic heterocycles. The molecule has 0 aliphatic rings. The molecule has 1 unspecified atom stereocenters. The van der Waals surface area contributed by atoms with Crippen molar-refractivity contribution in [2.75, 3.05) is 5.75 Å². The molecular weight excluding hydrogens is 258 g/mol. The molecule has 108 valence electrons. The quantitative estimate of drug-likeness (QED) is 0.336. The van der Waals surface area contributed by atoms with Gasteiger partial charge in [0.25, 0.3) is 0 Å². The van der Waals surface area contributed by atoms with Crippen LogP contribution in [0.4, 0.5) is 8.78 Å². The van der Waals surface area contributed by atoms with Crippen LogP contribution in [0.1, 0.15) is 52.9 Å². The van der Waals surface area contributed by atoms with Gasteiger partial charge < -0.3 is 4.74 Å². The second kappa shape index (κ2) is 10.6. The van der Waals surface area contributed by atoms with Crippen LogP contribution in [0.5, 0.6) is 0 Å².